The molecule has 0 unspecified atom stereocenters. The smallest absolute Gasteiger partial charge is 0.0542 e. The summed E-state index contributed by atoms with van der Waals surface area (Å²) >= 11 is 0. The van der Waals surface area contributed by atoms with Crippen LogP contribution in [-0.4, -0.2) is 18.3 Å². The quantitative estimate of drug-likeness (QED) is 0.166. The van der Waals surface area contributed by atoms with E-state index in [1.54, 1.807) is 0 Å². The third-order valence-electron chi connectivity index (χ3n) is 24.4. The second kappa shape index (κ2) is 22.4. The zero-order valence-electron chi connectivity index (χ0n) is 60.2. The van der Waals surface area contributed by atoms with Crippen LogP contribution >= 0.6 is 0 Å². The molecule has 0 saturated carbocycles. The number of fused-ring (bicyclic) bond motifs is 24. The molecule has 3 aliphatic rings. The Bertz CT molecular complexity index is 6720. The van der Waals surface area contributed by atoms with E-state index in [9.17, 15) is 0 Å². The van der Waals surface area contributed by atoms with Crippen molar-refractivity contribution in [2.75, 3.05) is 9.80 Å². The summed E-state index contributed by atoms with van der Waals surface area (Å²) < 4.78 is 9.94. The summed E-state index contributed by atoms with van der Waals surface area (Å²) in [4.78, 5) is 5.05. The lowest BCUT2D eigenvalue weighted by Gasteiger charge is -2.44. The number of hydrogen-bond donors (Lipinski definition) is 0. The Morgan fingerprint density at radius 1 is 0.167 bits per heavy atom. The van der Waals surface area contributed by atoms with Gasteiger partial charge in [-0.05, 0) is 224 Å². The molecule has 0 bridgehead atoms. The van der Waals surface area contributed by atoms with Crippen molar-refractivity contribution in [2.24, 2.45) is 0 Å². The van der Waals surface area contributed by atoms with Gasteiger partial charge in [0, 0.05) is 88.0 Å². The molecule has 6 heteroatoms. The average Bonchev–Trinajstić information content (AvgIpc) is 1.05. The Hall–Kier alpha value is -13.7. The van der Waals surface area contributed by atoms with Gasteiger partial charge in [-0.1, -0.05) is 222 Å². The van der Waals surface area contributed by atoms with Gasteiger partial charge in [0.15, 0.2) is 0 Å². The van der Waals surface area contributed by atoms with Gasteiger partial charge >= 0.3 is 0 Å². The second-order valence-electron chi connectivity index (χ2n) is 30.8. The van der Waals surface area contributed by atoms with Crippen molar-refractivity contribution >= 4 is 121 Å². The van der Waals surface area contributed by atoms with Crippen LogP contribution in [0.5, 0.6) is 0 Å². The molecule has 0 saturated heterocycles. The van der Waals surface area contributed by atoms with Crippen molar-refractivity contribution in [1.82, 2.24) is 18.3 Å². The molecule has 16 aromatic carbocycles. The Kier molecular flexibility index (Phi) is 12.6. The molecule has 0 spiro atoms. The first-order valence-electron chi connectivity index (χ1n) is 37.7. The van der Waals surface area contributed by atoms with Gasteiger partial charge in [-0.2, -0.15) is 0 Å². The van der Waals surface area contributed by atoms with Gasteiger partial charge < -0.3 is 28.1 Å². The lowest BCUT2D eigenvalue weighted by atomic mass is 9.69. The maximum atomic E-state index is 2.60. The molecule has 6 heterocycles. The molecule has 4 aromatic heterocycles. The molecule has 0 atom stereocenters. The summed E-state index contributed by atoms with van der Waals surface area (Å²) in [6.45, 7) is 9.73. The number of aromatic nitrogens is 4. The predicted octanol–water partition coefficient (Wildman–Crippen LogP) is 27.3. The molecular formula is C102H70N6. The van der Waals surface area contributed by atoms with E-state index >= 15 is 0 Å². The van der Waals surface area contributed by atoms with Crippen LogP contribution in [0.4, 0.5) is 34.1 Å². The summed E-state index contributed by atoms with van der Waals surface area (Å²) in [7, 11) is 0. The highest BCUT2D eigenvalue weighted by atomic mass is 15.2. The lowest BCUT2D eigenvalue weighted by molar-refractivity contribution is 0.631. The van der Waals surface area contributed by atoms with Gasteiger partial charge in [0.1, 0.15) is 0 Å². The first-order valence-corrected chi connectivity index (χ1v) is 37.7. The van der Waals surface area contributed by atoms with E-state index in [1.165, 1.54) is 132 Å². The molecule has 20 aromatic rings. The van der Waals surface area contributed by atoms with Crippen LogP contribution in [-0.2, 0) is 10.8 Å². The Morgan fingerprint density at radius 3 is 0.778 bits per heavy atom. The average molecular weight is 1380 g/mol. The minimum absolute atomic E-state index is 0.407. The van der Waals surface area contributed by atoms with E-state index in [-0.39, 0.29) is 0 Å². The van der Waals surface area contributed by atoms with Gasteiger partial charge in [-0.25, -0.2) is 0 Å². The van der Waals surface area contributed by atoms with Crippen molar-refractivity contribution in [2.45, 2.75) is 38.5 Å². The summed E-state index contributed by atoms with van der Waals surface area (Å²) in [5, 5.41) is 9.78. The van der Waals surface area contributed by atoms with Crippen LogP contribution in [0, 0.1) is 0 Å². The van der Waals surface area contributed by atoms with Gasteiger partial charge in [0.05, 0.1) is 66.9 Å². The monoisotopic (exact) mass is 1380 g/mol. The van der Waals surface area contributed by atoms with Crippen molar-refractivity contribution in [3.8, 4) is 67.3 Å². The molecule has 108 heavy (non-hydrogen) atoms. The molecule has 23 rings (SSSR count). The van der Waals surface area contributed by atoms with E-state index in [0.717, 1.165) is 78.4 Å². The molecule has 1 aliphatic carbocycles. The largest absolute Gasteiger partial charge is 0.310 e. The van der Waals surface area contributed by atoms with Crippen LogP contribution in [0.25, 0.3) is 154 Å². The lowest BCUT2D eigenvalue weighted by Crippen LogP contribution is -2.31. The molecule has 0 N–H and O–H groups in total. The zero-order chi connectivity index (χ0) is 71.4. The maximum absolute atomic E-state index is 2.60. The van der Waals surface area contributed by atoms with Crippen LogP contribution in [0.3, 0.4) is 0 Å². The predicted molar refractivity (Wildman–Crippen MR) is 453 cm³/mol. The number of benzene rings is 16. The van der Waals surface area contributed by atoms with E-state index in [1.807, 2.05) is 0 Å². The first kappa shape index (κ1) is 60.7. The highest BCUT2D eigenvalue weighted by Crippen LogP contribution is 2.61. The number of nitrogens with zero attached hydrogens (tertiary/aromatic N) is 6. The number of hydrogen-bond acceptors (Lipinski definition) is 2. The van der Waals surface area contributed by atoms with Crippen molar-refractivity contribution in [3.63, 3.8) is 0 Å². The fourth-order valence-electron chi connectivity index (χ4n) is 19.5. The summed E-state index contributed by atoms with van der Waals surface area (Å²) in [6.07, 6.45) is 0. The van der Waals surface area contributed by atoms with E-state index in [2.05, 4.69) is 408 Å². The highest BCUT2D eigenvalue weighted by molar-refractivity contribution is 6.16. The van der Waals surface area contributed by atoms with Gasteiger partial charge in [-0.3, -0.25) is 0 Å². The topological polar surface area (TPSA) is 26.2 Å². The van der Waals surface area contributed by atoms with Gasteiger partial charge in [0.25, 0.3) is 0 Å². The molecule has 2 aliphatic heterocycles. The van der Waals surface area contributed by atoms with E-state index < -0.39 is 10.8 Å². The minimum Gasteiger partial charge on any atom is -0.310 e. The molecular weight excluding hydrogens is 1310 g/mol. The number of para-hydroxylation sites is 10. The van der Waals surface area contributed by atoms with Gasteiger partial charge in [-0.15, -0.1) is 0 Å². The standard InChI is InChI=1S/C102H70N6/c1-101(2)85-37-17-25-45-97(85)103(63-27-7-5-8-28-63)99-61-81-79(59-87(99)101)69-51-47-65(107-93-43-23-15-35-75(93)83-57-67(49-53-95(83)107)105-89-39-19-11-31-71(89)72-32-12-20-40-90(72)105)55-77(69)78-56-66(48-52-70(78)80-60-88-100(62-82(80)81)104(64-29-9-6-10-30-64)98-46-26-18-38-86(98)102(88,3)4)108-94-44-24-16-36-76(94)84-58-68(50-54-96(84)108)106-91-41-21-13-33-73(91)74-34-14-22-42-92(74)106/h5-62H,1-4H3. The van der Waals surface area contributed by atoms with Crippen molar-refractivity contribution < 1.29 is 0 Å². The maximum Gasteiger partial charge on any atom is 0.0542 e. The van der Waals surface area contributed by atoms with Crippen LogP contribution in [0.15, 0.2) is 352 Å². The van der Waals surface area contributed by atoms with Crippen molar-refractivity contribution in [1.29, 1.82) is 0 Å². The highest BCUT2D eigenvalue weighted by Gasteiger charge is 2.42. The fourth-order valence-corrected chi connectivity index (χ4v) is 19.5. The summed E-state index contributed by atoms with van der Waals surface area (Å²) in [5.41, 5.74) is 34.4. The number of rotatable bonds is 6. The van der Waals surface area contributed by atoms with E-state index in [4.69, 9.17) is 0 Å². The van der Waals surface area contributed by atoms with Crippen LogP contribution in [0.1, 0.15) is 49.9 Å². The van der Waals surface area contributed by atoms with Crippen LogP contribution < -0.4 is 9.80 Å². The second-order valence-corrected chi connectivity index (χ2v) is 30.8. The van der Waals surface area contributed by atoms with Crippen LogP contribution in [0.2, 0.25) is 0 Å². The zero-order valence-corrected chi connectivity index (χ0v) is 60.2. The Balaban J connectivity index is 0.829. The third-order valence-corrected chi connectivity index (χ3v) is 24.4. The molecule has 6 nitrogen and oxygen atoms in total. The summed E-state index contributed by atoms with van der Waals surface area (Å²) in [6, 6.07) is 133. The van der Waals surface area contributed by atoms with Crippen molar-refractivity contribution in [3.05, 3.63) is 374 Å². The fraction of sp³-hybridized carbons (Fsp3) is 0.0588. The van der Waals surface area contributed by atoms with E-state index in [0.29, 0.717) is 0 Å². The molecule has 0 fully saturated rings. The molecule has 508 valence electrons. The first-order chi connectivity index (χ1) is 53.1. The molecule has 0 amide bonds. The Labute approximate surface area is 625 Å². The molecule has 0 radical (unpaired) electrons. The normalized spacial score (nSPS) is 13.9. The van der Waals surface area contributed by atoms with Gasteiger partial charge in [0.2, 0.25) is 0 Å². The Morgan fingerprint density at radius 2 is 0.426 bits per heavy atom. The third kappa shape index (κ3) is 8.42. The minimum atomic E-state index is -0.407. The number of anilines is 6. The summed E-state index contributed by atoms with van der Waals surface area (Å²) in [5.74, 6) is 0. The SMILES string of the molecule is CC1(C)c2ccccc2N(c2ccccc2)c2cc3c(cc21)-c1ccc(-n2c4ccccc4c4cc(-n5c6ccccc6c6ccccc65)ccc42)cc1-c1cc(-n2c4ccccc4c4cc(-n5c6ccccc6c6ccccc65)ccc42)ccc1-c1cc2c(cc1-3)N(c1ccccc1)c1ccccc1C2(C)C.